The lowest BCUT2D eigenvalue weighted by atomic mass is 10.0. The maximum atomic E-state index is 13.6. The summed E-state index contributed by atoms with van der Waals surface area (Å²) < 4.78 is 56.2. The van der Waals surface area contributed by atoms with E-state index in [0.29, 0.717) is 37.0 Å². The van der Waals surface area contributed by atoms with Crippen molar-refractivity contribution in [1.82, 2.24) is 24.2 Å². The summed E-state index contributed by atoms with van der Waals surface area (Å²) in [5.74, 6) is 0.0986. The van der Waals surface area contributed by atoms with Gasteiger partial charge >= 0.3 is 11.9 Å². The van der Waals surface area contributed by atoms with Crippen molar-refractivity contribution in [2.24, 2.45) is 0 Å². The van der Waals surface area contributed by atoms with Gasteiger partial charge in [0, 0.05) is 18.4 Å². The number of para-hydroxylation sites is 1. The topological polar surface area (TPSA) is 73.0 Å². The Kier molecular flexibility index (Phi) is 5.21. The summed E-state index contributed by atoms with van der Waals surface area (Å²) in [5, 5.41) is 4.83. The molecule has 33 heavy (non-hydrogen) atoms. The largest absolute Gasteiger partial charge is 0.433 e. The molecular weight excluding hydrogens is 442 g/mol. The maximum absolute atomic E-state index is 13.6. The molecule has 11 heteroatoms. The lowest BCUT2D eigenvalue weighted by Gasteiger charge is -2.26. The van der Waals surface area contributed by atoms with Gasteiger partial charge in [-0.15, -0.1) is 0 Å². The van der Waals surface area contributed by atoms with Gasteiger partial charge in [0.05, 0.1) is 18.6 Å². The first-order chi connectivity index (χ1) is 15.7. The summed E-state index contributed by atoms with van der Waals surface area (Å²) in [6.07, 6.45) is -3.89. The zero-order valence-corrected chi connectivity index (χ0v) is 17.6. The fraction of sp³-hybridized carbons (Fsp3) is 0.455. The molecule has 2 aromatic heterocycles. The Morgan fingerprint density at radius 2 is 1.97 bits per heavy atom. The van der Waals surface area contributed by atoms with E-state index in [-0.39, 0.29) is 36.5 Å². The van der Waals surface area contributed by atoms with Crippen LogP contribution in [0.25, 0.3) is 10.9 Å². The van der Waals surface area contributed by atoms with Gasteiger partial charge in [-0.25, -0.2) is 18.9 Å². The third-order valence-corrected chi connectivity index (χ3v) is 6.27. The van der Waals surface area contributed by atoms with Crippen molar-refractivity contribution in [2.75, 3.05) is 13.1 Å². The van der Waals surface area contributed by atoms with E-state index in [1.807, 2.05) is 0 Å². The molecule has 1 amide bonds. The Bertz CT molecular complexity index is 1280. The number of likely N-dealkylation sites (tertiary alicyclic amines) is 1. The molecule has 4 heterocycles. The summed E-state index contributed by atoms with van der Waals surface area (Å²) in [7, 11) is 0. The Morgan fingerprint density at radius 1 is 1.18 bits per heavy atom. The highest BCUT2D eigenvalue weighted by atomic mass is 19.4. The number of benzene rings is 1. The molecule has 0 aliphatic carbocycles. The van der Waals surface area contributed by atoms with Crippen LogP contribution in [0.5, 0.6) is 0 Å². The fourth-order valence-corrected chi connectivity index (χ4v) is 4.68. The lowest BCUT2D eigenvalue weighted by Crippen LogP contribution is -2.41. The van der Waals surface area contributed by atoms with Gasteiger partial charge < -0.3 is 4.90 Å². The Morgan fingerprint density at radius 3 is 2.70 bits per heavy atom. The molecule has 0 bridgehead atoms. The van der Waals surface area contributed by atoms with Crippen molar-refractivity contribution in [3.05, 3.63) is 57.9 Å². The van der Waals surface area contributed by atoms with Crippen LogP contribution in [0, 0.1) is 0 Å². The molecule has 3 aromatic rings. The molecule has 7 nitrogen and oxygen atoms in total. The first-order valence-electron chi connectivity index (χ1n) is 10.8. The highest BCUT2D eigenvalue weighted by Crippen LogP contribution is 2.31. The zero-order chi connectivity index (χ0) is 23.3. The minimum Gasteiger partial charge on any atom is -0.338 e. The number of nitrogens with zero attached hydrogens (tertiary/aromatic N) is 5. The van der Waals surface area contributed by atoms with Gasteiger partial charge in [-0.05, 0) is 37.0 Å². The Labute approximate surface area is 185 Å². The number of rotatable bonds is 3. The van der Waals surface area contributed by atoms with E-state index in [4.69, 9.17) is 0 Å². The zero-order valence-electron chi connectivity index (χ0n) is 17.6. The number of carbonyl (C=O) groups is 1. The van der Waals surface area contributed by atoms with Crippen LogP contribution in [0.1, 0.15) is 42.4 Å². The highest BCUT2D eigenvalue weighted by Gasteiger charge is 2.37. The number of aromatic nitrogens is 4. The third-order valence-electron chi connectivity index (χ3n) is 6.27. The first-order valence-corrected chi connectivity index (χ1v) is 10.8. The molecule has 0 radical (unpaired) electrons. The van der Waals surface area contributed by atoms with Crippen LogP contribution in [-0.4, -0.2) is 49.4 Å². The predicted molar refractivity (Wildman–Crippen MR) is 110 cm³/mol. The number of hydrogen-bond acceptors (Lipinski definition) is 4. The molecule has 2 aliphatic heterocycles. The Hall–Kier alpha value is -3.24. The van der Waals surface area contributed by atoms with Gasteiger partial charge in [0.15, 0.2) is 0 Å². The van der Waals surface area contributed by atoms with Gasteiger partial charge in [-0.3, -0.25) is 9.36 Å². The molecule has 174 valence electrons. The van der Waals surface area contributed by atoms with Crippen molar-refractivity contribution >= 4 is 16.8 Å². The van der Waals surface area contributed by atoms with Crippen molar-refractivity contribution in [3.8, 4) is 0 Å². The van der Waals surface area contributed by atoms with E-state index >= 15 is 0 Å². The summed E-state index contributed by atoms with van der Waals surface area (Å²) in [6, 6.07) is 6.56. The van der Waals surface area contributed by atoms with Crippen LogP contribution in [-0.2, 0) is 23.9 Å². The average molecular weight is 463 g/mol. The maximum Gasteiger partial charge on any atom is 0.433 e. The molecular formula is C22H21F4N5O2. The van der Waals surface area contributed by atoms with Crippen molar-refractivity contribution in [3.63, 3.8) is 0 Å². The molecule has 5 rings (SSSR count). The number of halogens is 4. The predicted octanol–water partition coefficient (Wildman–Crippen LogP) is 3.11. The van der Waals surface area contributed by atoms with E-state index in [2.05, 4.69) is 10.1 Å². The fourth-order valence-electron chi connectivity index (χ4n) is 4.68. The quantitative estimate of drug-likeness (QED) is 0.560. The summed E-state index contributed by atoms with van der Waals surface area (Å²) in [6.45, 7) is 0.122. The van der Waals surface area contributed by atoms with Crippen LogP contribution in [0.2, 0.25) is 0 Å². The minimum absolute atomic E-state index is 0.0107. The van der Waals surface area contributed by atoms with Crippen LogP contribution in [0.15, 0.2) is 35.1 Å². The second-order valence-electron chi connectivity index (χ2n) is 8.49. The standard InChI is InChI=1S/C22H21F4N5O2/c23-14-8-9-29(12-14)20(32)17-6-3-7-19-28-30(21(33)31(17)19)11-13-10-18(22(24,25)26)27-16-5-2-1-4-15(13)16/h1-2,4-5,10,14,17H,3,6-9,11-12H2/t14-,17-/m0/s1. The number of alkyl halides is 4. The Balaban J connectivity index is 1.53. The van der Waals surface area contributed by atoms with E-state index in [1.54, 1.807) is 18.2 Å². The van der Waals surface area contributed by atoms with Crippen LogP contribution in [0.3, 0.4) is 0 Å². The first kappa shape index (κ1) is 21.6. The molecule has 0 N–H and O–H groups in total. The summed E-state index contributed by atoms with van der Waals surface area (Å²) in [5.41, 5.74) is -1.18. The molecule has 0 unspecified atom stereocenters. The van der Waals surface area contributed by atoms with Gasteiger partial charge in [0.25, 0.3) is 0 Å². The van der Waals surface area contributed by atoms with Crippen molar-refractivity contribution in [2.45, 2.75) is 50.6 Å². The van der Waals surface area contributed by atoms with Gasteiger partial charge in [-0.1, -0.05) is 18.2 Å². The van der Waals surface area contributed by atoms with Gasteiger partial charge in [0.2, 0.25) is 5.91 Å². The van der Waals surface area contributed by atoms with Gasteiger partial charge in [0.1, 0.15) is 23.7 Å². The molecule has 2 atom stereocenters. The average Bonchev–Trinajstić information content (AvgIpc) is 3.36. The molecule has 1 fully saturated rings. The summed E-state index contributed by atoms with van der Waals surface area (Å²) >= 11 is 0. The monoisotopic (exact) mass is 463 g/mol. The molecule has 1 saturated heterocycles. The van der Waals surface area contributed by atoms with Crippen LogP contribution >= 0.6 is 0 Å². The second-order valence-corrected chi connectivity index (χ2v) is 8.49. The lowest BCUT2D eigenvalue weighted by molar-refractivity contribution is -0.141. The van der Waals surface area contributed by atoms with E-state index < -0.39 is 29.8 Å². The van der Waals surface area contributed by atoms with Crippen LogP contribution in [0.4, 0.5) is 17.6 Å². The third kappa shape index (κ3) is 3.89. The van der Waals surface area contributed by atoms with E-state index in [0.717, 1.165) is 10.7 Å². The van der Waals surface area contributed by atoms with E-state index in [1.165, 1.54) is 15.5 Å². The van der Waals surface area contributed by atoms with Gasteiger partial charge in [-0.2, -0.15) is 18.3 Å². The smallest absolute Gasteiger partial charge is 0.338 e. The van der Waals surface area contributed by atoms with Crippen molar-refractivity contribution < 1.29 is 22.4 Å². The normalized spacial score (nSPS) is 20.9. The number of carbonyl (C=O) groups excluding carboxylic acids is 1. The molecule has 2 aliphatic rings. The second kappa shape index (κ2) is 7.96. The number of amides is 1. The molecule has 0 saturated carbocycles. The molecule has 1 aromatic carbocycles. The number of pyridine rings is 1. The van der Waals surface area contributed by atoms with Crippen molar-refractivity contribution in [1.29, 1.82) is 0 Å². The number of fused-ring (bicyclic) bond motifs is 2. The molecule has 0 spiro atoms. The SMILES string of the molecule is O=C([C@@H]1CCCc2nn(Cc3cc(C(F)(F)F)nc4ccccc34)c(=O)n21)N1CC[C@H](F)C1. The number of hydrogen-bond donors (Lipinski definition) is 0. The minimum atomic E-state index is -4.64. The summed E-state index contributed by atoms with van der Waals surface area (Å²) in [4.78, 5) is 31.3. The van der Waals surface area contributed by atoms with Crippen LogP contribution < -0.4 is 5.69 Å². The highest BCUT2D eigenvalue weighted by molar-refractivity contribution is 5.82. The van der Waals surface area contributed by atoms with E-state index in [9.17, 15) is 27.2 Å². The number of aryl methyl sites for hydroxylation is 1.